The molecule has 2 aliphatic rings. The summed E-state index contributed by atoms with van der Waals surface area (Å²) >= 11 is 0. The maximum Gasteiger partial charge on any atom is 0.257 e. The maximum absolute atomic E-state index is 13.9. The largest absolute Gasteiger partial charge is 0.487 e. The fourth-order valence-electron chi connectivity index (χ4n) is 5.33. The zero-order chi connectivity index (χ0) is 24.1. The number of hydrogen-bond donors (Lipinski definition) is 0. The molecule has 1 aliphatic carbocycles. The van der Waals surface area contributed by atoms with Gasteiger partial charge in [-0.25, -0.2) is 0 Å². The van der Waals surface area contributed by atoms with Crippen molar-refractivity contribution in [2.75, 3.05) is 20.1 Å². The molecule has 2 atom stereocenters. The van der Waals surface area contributed by atoms with Crippen molar-refractivity contribution in [1.82, 2.24) is 9.80 Å². The Morgan fingerprint density at radius 3 is 2.44 bits per heavy atom. The maximum atomic E-state index is 13.9. The predicted molar refractivity (Wildman–Crippen MR) is 135 cm³/mol. The van der Waals surface area contributed by atoms with E-state index in [9.17, 15) is 9.59 Å². The summed E-state index contributed by atoms with van der Waals surface area (Å²) in [6.45, 7) is 5.57. The van der Waals surface area contributed by atoms with Crippen LogP contribution in [0.25, 0.3) is 0 Å². The van der Waals surface area contributed by atoms with Gasteiger partial charge < -0.3 is 14.5 Å². The van der Waals surface area contributed by atoms with Crippen LogP contribution in [0.15, 0.2) is 42.5 Å². The fraction of sp³-hybridized carbons (Fsp3) is 0.517. The lowest BCUT2D eigenvalue weighted by atomic mass is 9.89. The van der Waals surface area contributed by atoms with E-state index in [0.29, 0.717) is 11.3 Å². The van der Waals surface area contributed by atoms with Gasteiger partial charge in [0.2, 0.25) is 0 Å². The summed E-state index contributed by atoms with van der Waals surface area (Å²) in [5, 5.41) is 0. The van der Waals surface area contributed by atoms with Crippen molar-refractivity contribution < 1.29 is 14.3 Å². The molecule has 0 aromatic heterocycles. The van der Waals surface area contributed by atoms with E-state index in [1.54, 1.807) is 0 Å². The first kappa shape index (κ1) is 24.3. The van der Waals surface area contributed by atoms with Gasteiger partial charge in [0.25, 0.3) is 11.8 Å². The topological polar surface area (TPSA) is 49.9 Å². The average Bonchev–Trinajstić information content (AvgIpc) is 2.85. The number of aryl methyl sites for hydroxylation is 1. The molecule has 1 fully saturated rings. The number of rotatable bonds is 1. The van der Waals surface area contributed by atoms with Crippen LogP contribution < -0.4 is 4.74 Å². The molecule has 34 heavy (non-hydrogen) atoms. The second-order valence-electron chi connectivity index (χ2n) is 9.89. The van der Waals surface area contributed by atoms with Crippen LogP contribution in [0.5, 0.6) is 5.75 Å². The summed E-state index contributed by atoms with van der Waals surface area (Å²) in [4.78, 5) is 31.0. The van der Waals surface area contributed by atoms with Crippen molar-refractivity contribution in [2.24, 2.45) is 0 Å². The molecule has 2 aromatic rings. The first-order chi connectivity index (χ1) is 16.5. The molecular formula is C29H38N2O3. The number of carbonyl (C=O) groups excluding carboxylic acids is 2. The standard InChI is InChI=1S/C29H38N2O3/c1-21-13-12-15-23(22(21)2)29(33)31-20-11-5-4-10-19-30(3)28(32)24-14-6-8-17-26(24)34-27-18-9-7-16-25(27)31/h6,8,12-15,17,25,27H,4-5,7,9-11,16,18-20H2,1-3H3/t25-,27+/m1/s1. The third-order valence-electron chi connectivity index (χ3n) is 7.55. The quantitative estimate of drug-likeness (QED) is 0.540. The van der Waals surface area contributed by atoms with Gasteiger partial charge in [-0.1, -0.05) is 43.5 Å². The number of benzene rings is 2. The second kappa shape index (κ2) is 11.1. The molecule has 1 aliphatic heterocycles. The van der Waals surface area contributed by atoms with Gasteiger partial charge in [-0.05, 0) is 75.3 Å². The van der Waals surface area contributed by atoms with Crippen LogP contribution >= 0.6 is 0 Å². The number of para-hydroxylation sites is 1. The van der Waals surface area contributed by atoms with E-state index >= 15 is 0 Å². The summed E-state index contributed by atoms with van der Waals surface area (Å²) in [6.07, 6.45) is 7.88. The minimum absolute atomic E-state index is 0.00309. The number of hydrogen-bond acceptors (Lipinski definition) is 3. The zero-order valence-corrected chi connectivity index (χ0v) is 20.9. The molecule has 0 radical (unpaired) electrons. The third-order valence-corrected chi connectivity index (χ3v) is 7.55. The summed E-state index contributed by atoms with van der Waals surface area (Å²) in [5.74, 6) is 0.744. The molecule has 0 N–H and O–H groups in total. The molecule has 1 saturated carbocycles. The third kappa shape index (κ3) is 5.29. The average molecular weight is 463 g/mol. The first-order valence-corrected chi connectivity index (χ1v) is 12.9. The van der Waals surface area contributed by atoms with Crippen LogP contribution in [0.1, 0.15) is 83.2 Å². The fourth-order valence-corrected chi connectivity index (χ4v) is 5.33. The number of amides is 2. The van der Waals surface area contributed by atoms with Gasteiger partial charge >= 0.3 is 0 Å². The van der Waals surface area contributed by atoms with E-state index in [1.807, 2.05) is 55.3 Å². The Kier molecular flexibility index (Phi) is 7.91. The second-order valence-corrected chi connectivity index (χ2v) is 9.89. The molecule has 0 bridgehead atoms. The van der Waals surface area contributed by atoms with E-state index in [-0.39, 0.29) is 24.0 Å². The van der Waals surface area contributed by atoms with E-state index in [2.05, 4.69) is 17.9 Å². The smallest absolute Gasteiger partial charge is 0.257 e. The molecule has 0 unspecified atom stereocenters. The Morgan fingerprint density at radius 2 is 1.62 bits per heavy atom. The van der Waals surface area contributed by atoms with Crippen LogP contribution in [0.4, 0.5) is 0 Å². The monoisotopic (exact) mass is 462 g/mol. The molecule has 0 saturated heterocycles. The first-order valence-electron chi connectivity index (χ1n) is 12.9. The van der Waals surface area contributed by atoms with Crippen LogP contribution in [0.3, 0.4) is 0 Å². The van der Waals surface area contributed by atoms with Gasteiger partial charge in [-0.3, -0.25) is 9.59 Å². The molecular weight excluding hydrogens is 424 g/mol. The Morgan fingerprint density at radius 1 is 0.882 bits per heavy atom. The van der Waals surface area contributed by atoms with Crippen molar-refractivity contribution in [2.45, 2.75) is 77.4 Å². The lowest BCUT2D eigenvalue weighted by Gasteiger charge is -2.40. The van der Waals surface area contributed by atoms with Gasteiger partial charge in [-0.2, -0.15) is 0 Å². The SMILES string of the molecule is Cc1cccc(C(=O)N2CCCCCCN(C)C(=O)c3ccccc3O[C@H]3CCCC[C@H]32)c1C. The Bertz CT molecular complexity index is 1020. The van der Waals surface area contributed by atoms with Gasteiger partial charge in [0.05, 0.1) is 11.6 Å². The van der Waals surface area contributed by atoms with E-state index in [4.69, 9.17) is 4.74 Å². The minimum Gasteiger partial charge on any atom is -0.487 e. The normalized spacial score (nSPS) is 22.3. The van der Waals surface area contributed by atoms with Crippen LogP contribution in [-0.4, -0.2) is 53.9 Å². The van der Waals surface area contributed by atoms with Crippen molar-refractivity contribution >= 4 is 11.8 Å². The van der Waals surface area contributed by atoms with E-state index in [0.717, 1.165) is 81.1 Å². The Balaban J connectivity index is 1.70. The highest BCUT2D eigenvalue weighted by Gasteiger charge is 2.36. The summed E-state index contributed by atoms with van der Waals surface area (Å²) in [7, 11) is 1.87. The molecule has 0 spiro atoms. The van der Waals surface area contributed by atoms with Crippen LogP contribution in [0.2, 0.25) is 0 Å². The van der Waals surface area contributed by atoms with Gasteiger partial charge in [-0.15, -0.1) is 0 Å². The number of nitrogens with zero attached hydrogens (tertiary/aromatic N) is 2. The molecule has 2 aromatic carbocycles. The molecule has 1 heterocycles. The predicted octanol–water partition coefficient (Wildman–Crippen LogP) is 5.78. The zero-order valence-electron chi connectivity index (χ0n) is 20.9. The summed E-state index contributed by atoms with van der Waals surface area (Å²) in [5.41, 5.74) is 3.60. The van der Waals surface area contributed by atoms with Crippen molar-refractivity contribution in [3.63, 3.8) is 0 Å². The highest BCUT2D eigenvalue weighted by molar-refractivity contribution is 5.97. The van der Waals surface area contributed by atoms with Gasteiger partial charge in [0.15, 0.2) is 0 Å². The number of fused-ring (bicyclic) bond motifs is 2. The van der Waals surface area contributed by atoms with Crippen molar-refractivity contribution in [1.29, 1.82) is 0 Å². The lowest BCUT2D eigenvalue weighted by molar-refractivity contribution is 0.0267. The molecule has 5 heteroatoms. The molecule has 5 nitrogen and oxygen atoms in total. The highest BCUT2D eigenvalue weighted by Crippen LogP contribution is 2.31. The Labute approximate surface area is 204 Å². The van der Waals surface area contributed by atoms with Crippen LogP contribution in [0, 0.1) is 13.8 Å². The Hall–Kier alpha value is -2.82. The van der Waals surface area contributed by atoms with Crippen LogP contribution in [-0.2, 0) is 0 Å². The van der Waals surface area contributed by atoms with Gasteiger partial charge in [0.1, 0.15) is 11.9 Å². The van der Waals surface area contributed by atoms with E-state index in [1.165, 1.54) is 0 Å². The van der Waals surface area contributed by atoms with Crippen molar-refractivity contribution in [3.8, 4) is 5.75 Å². The molecule has 4 rings (SSSR count). The highest BCUT2D eigenvalue weighted by atomic mass is 16.5. The minimum atomic E-state index is -0.120. The lowest BCUT2D eigenvalue weighted by Crippen LogP contribution is -2.51. The molecule has 2 amide bonds. The summed E-state index contributed by atoms with van der Waals surface area (Å²) in [6, 6.07) is 13.6. The van der Waals surface area contributed by atoms with E-state index < -0.39 is 0 Å². The molecule has 182 valence electrons. The van der Waals surface area contributed by atoms with Gasteiger partial charge in [0, 0.05) is 25.7 Å². The van der Waals surface area contributed by atoms with Crippen molar-refractivity contribution in [3.05, 3.63) is 64.7 Å². The number of ether oxygens (including phenoxy) is 1. The summed E-state index contributed by atoms with van der Waals surface area (Å²) < 4.78 is 6.59. The number of carbonyl (C=O) groups is 2.